The van der Waals surface area contributed by atoms with Crippen LogP contribution in [-0.4, -0.2) is 49.1 Å². The number of H-pyrrole nitrogens is 2. The smallest absolute Gasteiger partial charge is 0.224 e. The first-order valence-electron chi connectivity index (χ1n) is 13.5. The molecule has 6 aromatic rings. The minimum Gasteiger partial charge on any atom is -0.353 e. The average molecular weight is 529 g/mol. The molecule has 7 rings (SSSR count). The van der Waals surface area contributed by atoms with Crippen LogP contribution in [0.15, 0.2) is 79.5 Å². The van der Waals surface area contributed by atoms with Gasteiger partial charge in [0.25, 0.3) is 0 Å². The van der Waals surface area contributed by atoms with E-state index in [0.717, 1.165) is 81.5 Å². The van der Waals surface area contributed by atoms with Gasteiger partial charge in [-0.25, -0.2) is 0 Å². The molecular formula is C31H28N8O. The first kappa shape index (κ1) is 24.2. The number of pyridine rings is 3. The van der Waals surface area contributed by atoms with Crippen LogP contribution in [0.25, 0.3) is 55.6 Å². The number of aromatic nitrogens is 6. The number of aromatic amines is 2. The van der Waals surface area contributed by atoms with E-state index in [-0.39, 0.29) is 5.91 Å². The van der Waals surface area contributed by atoms with Crippen molar-refractivity contribution in [2.24, 2.45) is 5.92 Å². The van der Waals surface area contributed by atoms with Crippen LogP contribution in [0, 0.1) is 5.92 Å². The molecule has 1 aliphatic rings. The van der Waals surface area contributed by atoms with Gasteiger partial charge in [-0.05, 0) is 79.9 Å². The molecule has 6 heterocycles. The highest BCUT2D eigenvalue weighted by Gasteiger charge is 2.18. The van der Waals surface area contributed by atoms with Gasteiger partial charge in [-0.2, -0.15) is 5.10 Å². The van der Waals surface area contributed by atoms with Crippen molar-refractivity contribution in [1.29, 1.82) is 0 Å². The second-order valence-corrected chi connectivity index (χ2v) is 10.3. The van der Waals surface area contributed by atoms with Crippen molar-refractivity contribution in [2.45, 2.75) is 19.3 Å². The number of benzene rings is 1. The van der Waals surface area contributed by atoms with Gasteiger partial charge < -0.3 is 15.6 Å². The van der Waals surface area contributed by atoms with E-state index >= 15 is 0 Å². The van der Waals surface area contributed by atoms with E-state index in [4.69, 9.17) is 0 Å². The number of rotatable bonds is 6. The van der Waals surface area contributed by atoms with Gasteiger partial charge in [-0.3, -0.25) is 24.8 Å². The molecule has 1 aromatic carbocycles. The third-order valence-corrected chi connectivity index (χ3v) is 7.59. The molecule has 0 unspecified atom stereocenters. The van der Waals surface area contributed by atoms with Crippen LogP contribution in [0.1, 0.15) is 19.3 Å². The lowest BCUT2D eigenvalue weighted by molar-refractivity contribution is -0.117. The van der Waals surface area contributed by atoms with Gasteiger partial charge in [-0.1, -0.05) is 6.07 Å². The van der Waals surface area contributed by atoms with Crippen molar-refractivity contribution >= 4 is 33.4 Å². The number of carbonyl (C=O) groups is 1. The number of hydrogen-bond acceptors (Lipinski definition) is 6. The Morgan fingerprint density at radius 1 is 0.850 bits per heavy atom. The number of piperidine rings is 1. The molecule has 1 aliphatic heterocycles. The summed E-state index contributed by atoms with van der Waals surface area (Å²) in [5.41, 5.74) is 8.09. The predicted molar refractivity (Wildman–Crippen MR) is 156 cm³/mol. The highest BCUT2D eigenvalue weighted by Crippen LogP contribution is 2.34. The molecule has 0 saturated carbocycles. The van der Waals surface area contributed by atoms with E-state index < -0.39 is 0 Å². The summed E-state index contributed by atoms with van der Waals surface area (Å²) in [4.78, 5) is 29.5. The van der Waals surface area contributed by atoms with E-state index in [0.29, 0.717) is 18.0 Å². The Morgan fingerprint density at radius 2 is 1.73 bits per heavy atom. The zero-order chi connectivity index (χ0) is 26.9. The number of carbonyl (C=O) groups excluding carboxylic acids is 1. The lowest BCUT2D eigenvalue weighted by atomic mass is 9.94. The van der Waals surface area contributed by atoms with Gasteiger partial charge in [0.05, 0.1) is 28.8 Å². The Balaban J connectivity index is 1.19. The molecule has 40 heavy (non-hydrogen) atoms. The maximum absolute atomic E-state index is 12.7. The second-order valence-electron chi connectivity index (χ2n) is 10.3. The first-order valence-corrected chi connectivity index (χ1v) is 13.5. The third kappa shape index (κ3) is 4.71. The van der Waals surface area contributed by atoms with E-state index in [9.17, 15) is 4.79 Å². The number of nitrogens with zero attached hydrogens (tertiary/aromatic N) is 4. The van der Waals surface area contributed by atoms with Gasteiger partial charge in [-0.15, -0.1) is 0 Å². The second kappa shape index (κ2) is 10.3. The van der Waals surface area contributed by atoms with Crippen molar-refractivity contribution in [3.63, 3.8) is 0 Å². The lowest BCUT2D eigenvalue weighted by Gasteiger charge is -2.21. The molecule has 0 aliphatic carbocycles. The number of fused-ring (bicyclic) bond motifs is 2. The number of hydrogen-bond donors (Lipinski definition) is 4. The molecular weight excluding hydrogens is 500 g/mol. The van der Waals surface area contributed by atoms with E-state index in [1.807, 2.05) is 48.8 Å². The summed E-state index contributed by atoms with van der Waals surface area (Å²) in [5, 5.41) is 16.2. The van der Waals surface area contributed by atoms with Crippen LogP contribution in [0.2, 0.25) is 0 Å². The first-order chi connectivity index (χ1) is 19.7. The maximum Gasteiger partial charge on any atom is 0.224 e. The molecule has 5 aromatic heterocycles. The summed E-state index contributed by atoms with van der Waals surface area (Å²) in [6.45, 7) is 1.96. The quantitative estimate of drug-likeness (QED) is 0.224. The molecule has 0 spiro atoms. The molecule has 9 heteroatoms. The summed E-state index contributed by atoms with van der Waals surface area (Å²) in [6.07, 6.45) is 11.5. The monoisotopic (exact) mass is 528 g/mol. The van der Waals surface area contributed by atoms with E-state index in [2.05, 4.69) is 52.9 Å². The number of anilines is 1. The van der Waals surface area contributed by atoms with Crippen molar-refractivity contribution in [3.05, 3.63) is 79.5 Å². The fourth-order valence-electron chi connectivity index (χ4n) is 5.54. The average Bonchev–Trinajstić information content (AvgIpc) is 3.62. The van der Waals surface area contributed by atoms with Crippen LogP contribution >= 0.6 is 0 Å². The fourth-order valence-corrected chi connectivity index (χ4v) is 5.54. The Morgan fingerprint density at radius 3 is 2.60 bits per heavy atom. The van der Waals surface area contributed by atoms with Crippen LogP contribution < -0.4 is 10.6 Å². The molecule has 198 valence electrons. The molecule has 1 saturated heterocycles. The van der Waals surface area contributed by atoms with E-state index in [1.54, 1.807) is 18.6 Å². The molecule has 4 N–H and O–H groups in total. The molecule has 9 nitrogen and oxygen atoms in total. The summed E-state index contributed by atoms with van der Waals surface area (Å²) < 4.78 is 0. The topological polar surface area (TPSA) is 124 Å². The maximum atomic E-state index is 12.7. The largest absolute Gasteiger partial charge is 0.353 e. The molecule has 0 radical (unpaired) electrons. The minimum absolute atomic E-state index is 0.0392. The zero-order valence-corrected chi connectivity index (χ0v) is 21.8. The summed E-state index contributed by atoms with van der Waals surface area (Å²) in [7, 11) is 0. The van der Waals surface area contributed by atoms with Gasteiger partial charge in [0, 0.05) is 58.6 Å². The summed E-state index contributed by atoms with van der Waals surface area (Å²) in [6, 6.07) is 16.1. The van der Waals surface area contributed by atoms with Gasteiger partial charge >= 0.3 is 0 Å². The molecule has 0 bridgehead atoms. The van der Waals surface area contributed by atoms with Gasteiger partial charge in [0.1, 0.15) is 5.69 Å². The molecule has 0 atom stereocenters. The van der Waals surface area contributed by atoms with Crippen LogP contribution in [0.3, 0.4) is 0 Å². The Kier molecular flexibility index (Phi) is 6.25. The standard InChI is InChI=1S/C31H28N8O/c40-29(12-19-5-9-32-10-6-19)36-23-13-22(17-34-18-23)20-3-4-27-24(14-20)31(39-38-27)28-15-25-26(37-28)7-11-35-30(25)21-2-1-8-33-16-21/h1-4,7-8,11,13-19,32,37H,5-6,9-10,12H2,(H,36,40)(H,38,39). The van der Waals surface area contributed by atoms with Crippen LogP contribution in [0.4, 0.5) is 5.69 Å². The Bertz CT molecular complexity index is 1820. The Hall–Kier alpha value is -4.89. The minimum atomic E-state index is 0.0392. The SMILES string of the molecule is O=C(CC1CCNCC1)Nc1cncc(-c2ccc3[nH]nc(-c4cc5c(-c6cccnc6)nccc5[nH]4)c3c2)c1. The Labute approximate surface area is 230 Å². The molecule has 1 amide bonds. The normalized spacial score (nSPS) is 14.1. The van der Waals surface area contributed by atoms with E-state index in [1.165, 1.54) is 0 Å². The highest BCUT2D eigenvalue weighted by atomic mass is 16.1. The highest BCUT2D eigenvalue weighted by molar-refractivity contribution is 6.01. The van der Waals surface area contributed by atoms with Crippen molar-refractivity contribution in [2.75, 3.05) is 18.4 Å². The van der Waals surface area contributed by atoms with Crippen molar-refractivity contribution in [1.82, 2.24) is 35.5 Å². The number of amides is 1. The lowest BCUT2D eigenvalue weighted by Crippen LogP contribution is -2.30. The predicted octanol–water partition coefficient (Wildman–Crippen LogP) is 5.56. The van der Waals surface area contributed by atoms with Gasteiger partial charge in [0.15, 0.2) is 0 Å². The van der Waals surface area contributed by atoms with Gasteiger partial charge in [0.2, 0.25) is 5.91 Å². The summed E-state index contributed by atoms with van der Waals surface area (Å²) >= 11 is 0. The summed E-state index contributed by atoms with van der Waals surface area (Å²) in [5.74, 6) is 0.470. The third-order valence-electron chi connectivity index (χ3n) is 7.59. The number of nitrogens with one attached hydrogen (secondary N) is 4. The van der Waals surface area contributed by atoms with Crippen LogP contribution in [0.5, 0.6) is 0 Å². The van der Waals surface area contributed by atoms with Crippen molar-refractivity contribution < 1.29 is 4.79 Å². The van der Waals surface area contributed by atoms with Crippen LogP contribution in [-0.2, 0) is 4.79 Å². The fraction of sp³-hybridized carbons (Fsp3) is 0.194. The van der Waals surface area contributed by atoms with Crippen molar-refractivity contribution in [3.8, 4) is 33.8 Å². The molecule has 1 fully saturated rings. The zero-order valence-electron chi connectivity index (χ0n) is 21.8.